The number of nitrogens with zero attached hydrogens (tertiary/aromatic N) is 1. The maximum atomic E-state index is 13.9. The van der Waals surface area contributed by atoms with Gasteiger partial charge in [-0.15, -0.1) is 11.3 Å². The summed E-state index contributed by atoms with van der Waals surface area (Å²) in [6, 6.07) is 7.00. The molecule has 0 saturated heterocycles. The molecule has 0 spiro atoms. The van der Waals surface area contributed by atoms with Crippen molar-refractivity contribution in [3.63, 3.8) is 0 Å². The molecule has 1 aromatic heterocycles. The summed E-state index contributed by atoms with van der Waals surface area (Å²) in [6.45, 7) is -1.10. The summed E-state index contributed by atoms with van der Waals surface area (Å²) in [5, 5.41) is 3.00. The number of carbonyl (C=O) groups excluding carboxylic acids is 1. The fourth-order valence-corrected chi connectivity index (χ4v) is 4.30. The van der Waals surface area contributed by atoms with E-state index in [4.69, 9.17) is 10.5 Å². The molecule has 4 rings (SSSR count). The molecular formula is C24H23F4N3O3S. The van der Waals surface area contributed by atoms with E-state index < -0.39 is 30.2 Å². The van der Waals surface area contributed by atoms with E-state index in [1.807, 2.05) is 0 Å². The Morgan fingerprint density at radius 3 is 2.63 bits per heavy atom. The van der Waals surface area contributed by atoms with Gasteiger partial charge >= 0.3 is 6.61 Å². The maximum Gasteiger partial charge on any atom is 0.387 e. The molecule has 1 atom stereocenters. The van der Waals surface area contributed by atoms with Crippen LogP contribution in [-0.4, -0.2) is 24.1 Å². The first-order valence-corrected chi connectivity index (χ1v) is 11.7. The zero-order valence-electron chi connectivity index (χ0n) is 18.7. The highest BCUT2D eigenvalue weighted by Crippen LogP contribution is 2.38. The predicted octanol–water partition coefficient (Wildman–Crippen LogP) is 5.43. The normalized spacial score (nSPS) is 14.1. The summed E-state index contributed by atoms with van der Waals surface area (Å²) in [6.07, 6.45) is 2.05. The van der Waals surface area contributed by atoms with Crippen molar-refractivity contribution in [1.29, 1.82) is 0 Å². The van der Waals surface area contributed by atoms with Gasteiger partial charge in [0.15, 0.2) is 11.5 Å². The van der Waals surface area contributed by atoms with Crippen molar-refractivity contribution in [3.8, 4) is 22.1 Å². The largest absolute Gasteiger partial charge is 0.489 e. The van der Waals surface area contributed by atoms with Crippen LogP contribution < -0.4 is 20.5 Å². The fraction of sp³-hybridized carbons (Fsp3) is 0.333. The molecule has 0 bridgehead atoms. The first-order chi connectivity index (χ1) is 16.7. The van der Waals surface area contributed by atoms with Crippen molar-refractivity contribution in [2.24, 2.45) is 11.7 Å². The number of ether oxygens (including phenoxy) is 2. The lowest BCUT2D eigenvalue weighted by Crippen LogP contribution is -2.25. The van der Waals surface area contributed by atoms with Crippen molar-refractivity contribution in [2.75, 3.05) is 6.61 Å². The number of halogens is 4. The molecule has 35 heavy (non-hydrogen) atoms. The fourth-order valence-electron chi connectivity index (χ4n) is 3.29. The van der Waals surface area contributed by atoms with E-state index in [1.165, 1.54) is 23.5 Å². The predicted molar refractivity (Wildman–Crippen MR) is 123 cm³/mol. The Bertz CT molecular complexity index is 1210. The Hall–Kier alpha value is -3.18. The number of nitrogens with two attached hydrogens (primary N) is 1. The molecule has 1 aliphatic rings. The lowest BCUT2D eigenvalue weighted by Gasteiger charge is -2.13. The molecule has 1 amide bonds. The lowest BCUT2D eigenvalue weighted by atomic mass is 10.2. The zero-order valence-corrected chi connectivity index (χ0v) is 19.5. The van der Waals surface area contributed by atoms with Crippen molar-refractivity contribution >= 4 is 17.2 Å². The minimum atomic E-state index is -3.00. The summed E-state index contributed by atoms with van der Waals surface area (Å²) in [7, 11) is 0. The van der Waals surface area contributed by atoms with Crippen LogP contribution >= 0.6 is 11.3 Å². The number of amides is 1. The highest BCUT2D eigenvalue weighted by atomic mass is 32.1. The summed E-state index contributed by atoms with van der Waals surface area (Å²) >= 11 is 1.18. The van der Waals surface area contributed by atoms with Gasteiger partial charge in [0, 0.05) is 29.8 Å². The van der Waals surface area contributed by atoms with Gasteiger partial charge in [-0.05, 0) is 49.9 Å². The number of hydrogen-bond donors (Lipinski definition) is 2. The third kappa shape index (κ3) is 6.29. The number of nitrogens with one attached hydrogen (secondary N) is 1. The Morgan fingerprint density at radius 1 is 1.20 bits per heavy atom. The van der Waals surface area contributed by atoms with Gasteiger partial charge in [0.1, 0.15) is 22.3 Å². The molecule has 1 unspecified atom stereocenters. The second-order valence-corrected chi connectivity index (χ2v) is 9.26. The van der Waals surface area contributed by atoms with E-state index in [0.29, 0.717) is 28.0 Å². The number of carbonyl (C=O) groups is 1. The van der Waals surface area contributed by atoms with Crippen LogP contribution in [-0.2, 0) is 6.54 Å². The first-order valence-electron chi connectivity index (χ1n) is 10.9. The zero-order chi connectivity index (χ0) is 25.1. The molecule has 1 fully saturated rings. The summed E-state index contributed by atoms with van der Waals surface area (Å²) in [5.41, 5.74) is 6.77. The highest BCUT2D eigenvalue weighted by Gasteiger charge is 2.25. The molecule has 6 nitrogen and oxygen atoms in total. The quantitative estimate of drug-likeness (QED) is 0.356. The molecule has 11 heteroatoms. The average molecular weight is 510 g/mol. The standard InChI is InChI=1S/C24H23F4N3O3S/c1-12(29)21-20(22(32)30-10-15-4-6-16(25)9-17(15)26)31-23(35-21)14-5-7-18(34-24(27)28)19(8-14)33-11-13-2-3-13/h4-9,12-13,24H,2-3,10-11,29H2,1H3,(H,30,32). The van der Waals surface area contributed by atoms with Crippen LogP contribution in [0.25, 0.3) is 10.6 Å². The van der Waals surface area contributed by atoms with Gasteiger partial charge in [-0.1, -0.05) is 6.07 Å². The van der Waals surface area contributed by atoms with Crippen LogP contribution in [0.5, 0.6) is 11.5 Å². The van der Waals surface area contributed by atoms with Crippen LogP contribution in [0.4, 0.5) is 17.6 Å². The molecular weight excluding hydrogens is 486 g/mol. The summed E-state index contributed by atoms with van der Waals surface area (Å²) in [4.78, 5) is 17.8. The molecule has 0 radical (unpaired) electrons. The molecule has 0 aliphatic heterocycles. The summed E-state index contributed by atoms with van der Waals surface area (Å²) in [5.74, 6) is -1.61. The molecule has 3 aromatic rings. The van der Waals surface area contributed by atoms with Crippen molar-refractivity contribution in [3.05, 3.63) is 64.2 Å². The first kappa shape index (κ1) is 24.9. The Kier molecular flexibility index (Phi) is 7.56. The Morgan fingerprint density at radius 2 is 1.97 bits per heavy atom. The molecule has 2 aromatic carbocycles. The van der Waals surface area contributed by atoms with Gasteiger partial charge in [0.05, 0.1) is 11.5 Å². The lowest BCUT2D eigenvalue weighted by molar-refractivity contribution is -0.0515. The molecule has 186 valence electrons. The van der Waals surface area contributed by atoms with Gasteiger partial charge in [-0.25, -0.2) is 13.8 Å². The number of thiazole rings is 1. The Labute approximate surface area is 203 Å². The van der Waals surface area contributed by atoms with Crippen LogP contribution in [0.3, 0.4) is 0 Å². The van der Waals surface area contributed by atoms with Gasteiger partial charge in [0.2, 0.25) is 0 Å². The van der Waals surface area contributed by atoms with Crippen molar-refractivity contribution in [2.45, 2.75) is 39.0 Å². The number of aromatic nitrogens is 1. The van der Waals surface area contributed by atoms with Crippen molar-refractivity contribution < 1.29 is 31.8 Å². The molecule has 1 saturated carbocycles. The minimum absolute atomic E-state index is 0.0656. The van der Waals surface area contributed by atoms with Gasteiger partial charge in [-0.3, -0.25) is 4.79 Å². The summed E-state index contributed by atoms with van der Waals surface area (Å²) < 4.78 is 63.0. The number of benzene rings is 2. The van der Waals surface area contributed by atoms with Crippen LogP contribution in [0.15, 0.2) is 36.4 Å². The number of rotatable bonds is 10. The van der Waals surface area contributed by atoms with E-state index in [1.54, 1.807) is 19.1 Å². The van der Waals surface area contributed by atoms with Crippen LogP contribution in [0.2, 0.25) is 0 Å². The Balaban J connectivity index is 1.58. The highest BCUT2D eigenvalue weighted by molar-refractivity contribution is 7.15. The number of alkyl halides is 2. The average Bonchev–Trinajstić information content (AvgIpc) is 3.52. The van der Waals surface area contributed by atoms with Gasteiger partial charge in [0.25, 0.3) is 5.91 Å². The van der Waals surface area contributed by atoms with Gasteiger partial charge < -0.3 is 20.5 Å². The minimum Gasteiger partial charge on any atom is -0.489 e. The van der Waals surface area contributed by atoms with E-state index in [-0.39, 0.29) is 29.3 Å². The second kappa shape index (κ2) is 10.6. The second-order valence-electron chi connectivity index (χ2n) is 8.23. The monoisotopic (exact) mass is 509 g/mol. The van der Waals surface area contributed by atoms with Crippen LogP contribution in [0, 0.1) is 17.6 Å². The topological polar surface area (TPSA) is 86.5 Å². The third-order valence-corrected chi connectivity index (χ3v) is 6.62. The van der Waals surface area contributed by atoms with E-state index in [9.17, 15) is 22.4 Å². The van der Waals surface area contributed by atoms with Crippen LogP contribution in [0.1, 0.15) is 46.7 Å². The van der Waals surface area contributed by atoms with Crippen molar-refractivity contribution in [1.82, 2.24) is 10.3 Å². The molecule has 1 heterocycles. The van der Waals surface area contributed by atoms with E-state index >= 15 is 0 Å². The number of hydrogen-bond acceptors (Lipinski definition) is 6. The van der Waals surface area contributed by atoms with E-state index in [0.717, 1.165) is 25.0 Å². The smallest absolute Gasteiger partial charge is 0.387 e. The maximum absolute atomic E-state index is 13.9. The third-order valence-electron chi connectivity index (χ3n) is 5.31. The SMILES string of the molecule is CC(N)c1sc(-c2ccc(OC(F)F)c(OCC3CC3)c2)nc1C(=O)NCc1ccc(F)cc1F. The molecule has 1 aliphatic carbocycles. The van der Waals surface area contributed by atoms with E-state index in [2.05, 4.69) is 15.0 Å². The van der Waals surface area contributed by atoms with Gasteiger partial charge in [-0.2, -0.15) is 8.78 Å². The molecule has 3 N–H and O–H groups in total.